The summed E-state index contributed by atoms with van der Waals surface area (Å²) in [4.78, 5) is 2.42. The Balaban J connectivity index is 0.993. The van der Waals surface area contributed by atoms with E-state index in [0.717, 1.165) is 50.1 Å². The zero-order valence-electron chi connectivity index (χ0n) is 36.9. The van der Waals surface area contributed by atoms with E-state index >= 15 is 0 Å². The lowest BCUT2D eigenvalue weighted by Gasteiger charge is -2.35. The van der Waals surface area contributed by atoms with Gasteiger partial charge in [-0.3, -0.25) is 0 Å². The summed E-state index contributed by atoms with van der Waals surface area (Å²) in [5.41, 5.74) is 22.2. The Morgan fingerprint density at radius 1 is 0.348 bits per heavy atom. The van der Waals surface area contributed by atoms with Crippen molar-refractivity contribution >= 4 is 39.0 Å². The minimum atomic E-state index is -0.521. The van der Waals surface area contributed by atoms with Crippen LogP contribution in [0.4, 0.5) is 17.1 Å². The summed E-state index contributed by atoms with van der Waals surface area (Å²) in [5, 5.41) is 2.26. The Morgan fingerprint density at radius 2 is 0.848 bits per heavy atom. The Kier molecular flexibility index (Phi) is 8.51. The van der Waals surface area contributed by atoms with Gasteiger partial charge in [-0.2, -0.15) is 0 Å². The van der Waals surface area contributed by atoms with Gasteiger partial charge in [-0.05, 0) is 115 Å². The third-order valence-corrected chi connectivity index (χ3v) is 14.6. The quantitative estimate of drug-likeness (QED) is 0.159. The van der Waals surface area contributed by atoms with Gasteiger partial charge in [0, 0.05) is 38.8 Å². The molecule has 2 aliphatic rings. The molecule has 0 spiro atoms. The molecule has 0 N–H and O–H groups in total. The van der Waals surface area contributed by atoms with Crippen molar-refractivity contribution < 1.29 is 4.42 Å². The predicted octanol–water partition coefficient (Wildman–Crippen LogP) is 17.1. The molecule has 1 aromatic heterocycles. The Hall–Kier alpha value is -8.20. The van der Waals surface area contributed by atoms with E-state index in [1.165, 1.54) is 66.8 Å². The van der Waals surface area contributed by atoms with Gasteiger partial charge >= 0.3 is 0 Å². The lowest BCUT2D eigenvalue weighted by molar-refractivity contribution is 0.660. The minimum Gasteiger partial charge on any atom is -0.455 e. The maximum absolute atomic E-state index is 6.51. The molecule has 2 aliphatic carbocycles. The fourth-order valence-corrected chi connectivity index (χ4v) is 11.6. The van der Waals surface area contributed by atoms with Gasteiger partial charge in [0.15, 0.2) is 0 Å². The molecule has 66 heavy (non-hydrogen) atoms. The normalized spacial score (nSPS) is 13.8. The number of hydrogen-bond acceptors (Lipinski definition) is 2. The van der Waals surface area contributed by atoms with Crippen LogP contribution in [-0.2, 0) is 10.8 Å². The van der Waals surface area contributed by atoms with E-state index in [9.17, 15) is 0 Å². The lowest BCUT2D eigenvalue weighted by Crippen LogP contribution is -2.28. The summed E-state index contributed by atoms with van der Waals surface area (Å²) >= 11 is 0. The zero-order chi connectivity index (χ0) is 44.0. The van der Waals surface area contributed by atoms with E-state index in [-0.39, 0.29) is 5.41 Å². The van der Waals surface area contributed by atoms with Crippen molar-refractivity contribution in [3.05, 3.63) is 270 Å². The summed E-state index contributed by atoms with van der Waals surface area (Å²) in [6.07, 6.45) is 0. The molecule has 2 heteroatoms. The van der Waals surface area contributed by atoms with E-state index in [2.05, 4.69) is 249 Å². The minimum absolute atomic E-state index is 0.0667. The predicted molar refractivity (Wildman–Crippen MR) is 274 cm³/mol. The third kappa shape index (κ3) is 5.55. The van der Waals surface area contributed by atoms with Crippen molar-refractivity contribution in [2.24, 2.45) is 0 Å². The first kappa shape index (κ1) is 38.3. The van der Waals surface area contributed by atoms with Crippen LogP contribution in [0.15, 0.2) is 241 Å². The molecule has 10 aromatic carbocycles. The van der Waals surface area contributed by atoms with Gasteiger partial charge in [-0.25, -0.2) is 0 Å². The van der Waals surface area contributed by atoms with Gasteiger partial charge < -0.3 is 9.32 Å². The summed E-state index contributed by atoms with van der Waals surface area (Å²) in [5.74, 6) is 0. The number of fused-ring (bicyclic) bond motifs is 9. The van der Waals surface area contributed by atoms with Crippen LogP contribution < -0.4 is 4.90 Å². The first-order chi connectivity index (χ1) is 32.5. The number of hydrogen-bond donors (Lipinski definition) is 0. The van der Waals surface area contributed by atoms with Crippen molar-refractivity contribution in [2.45, 2.75) is 24.7 Å². The smallest absolute Gasteiger partial charge is 0.143 e. The van der Waals surface area contributed by atoms with Crippen molar-refractivity contribution in [3.63, 3.8) is 0 Å². The zero-order valence-corrected chi connectivity index (χ0v) is 36.9. The van der Waals surface area contributed by atoms with Gasteiger partial charge in [-0.15, -0.1) is 0 Å². The largest absolute Gasteiger partial charge is 0.455 e. The van der Waals surface area contributed by atoms with Crippen LogP contribution in [0.2, 0.25) is 0 Å². The second kappa shape index (κ2) is 14.7. The Bertz CT molecular complexity index is 3620. The maximum Gasteiger partial charge on any atom is 0.143 e. The van der Waals surface area contributed by atoms with Crippen molar-refractivity contribution in [1.82, 2.24) is 0 Å². The van der Waals surface area contributed by atoms with Crippen LogP contribution in [0.5, 0.6) is 0 Å². The molecule has 0 atom stereocenters. The molecule has 0 fully saturated rings. The van der Waals surface area contributed by atoms with Crippen LogP contribution in [-0.4, -0.2) is 0 Å². The highest BCUT2D eigenvalue weighted by Crippen LogP contribution is 2.58. The number of nitrogens with zero attached hydrogens (tertiary/aromatic N) is 1. The fraction of sp³-hybridized carbons (Fsp3) is 0.0625. The van der Waals surface area contributed by atoms with Crippen LogP contribution in [0.3, 0.4) is 0 Å². The number of anilines is 3. The van der Waals surface area contributed by atoms with Crippen molar-refractivity contribution in [3.8, 4) is 44.5 Å². The molecule has 11 aromatic rings. The monoisotopic (exact) mass is 843 g/mol. The standard InChI is InChI=1S/C64H45NO/c1-63(2)56-27-12-10-23-55(56)61-49(24-16-29-58(61)63)42-31-35-46(36-32-42)65(47-37-33-43(34-38-47)50-25-15-26-54-53-22-11-14-30-60(53)66-62(50)54)48-39-40-52-51-21-9-13-28-57(51)64(59(52)41-48,44-17-5-3-6-18-44)45-19-7-4-8-20-45/h3-41H,1-2H3. The number of para-hydroxylation sites is 2. The second-order valence-electron chi connectivity index (χ2n) is 18.4. The molecule has 0 amide bonds. The van der Waals surface area contributed by atoms with E-state index < -0.39 is 5.41 Å². The summed E-state index contributed by atoms with van der Waals surface area (Å²) in [6.45, 7) is 4.70. The van der Waals surface area contributed by atoms with Gasteiger partial charge in [-0.1, -0.05) is 208 Å². The van der Waals surface area contributed by atoms with E-state index in [4.69, 9.17) is 4.42 Å². The van der Waals surface area contributed by atoms with E-state index in [1.807, 2.05) is 6.07 Å². The number of benzene rings is 10. The summed E-state index contributed by atoms with van der Waals surface area (Å²) in [6, 6.07) is 86.9. The van der Waals surface area contributed by atoms with Gasteiger partial charge in [0.1, 0.15) is 11.2 Å². The Morgan fingerprint density at radius 3 is 1.56 bits per heavy atom. The molecule has 0 saturated carbocycles. The third-order valence-electron chi connectivity index (χ3n) is 14.6. The highest BCUT2D eigenvalue weighted by molar-refractivity contribution is 6.09. The first-order valence-electron chi connectivity index (χ1n) is 23.0. The molecular formula is C64H45NO. The van der Waals surface area contributed by atoms with Crippen LogP contribution in [0.1, 0.15) is 47.2 Å². The summed E-state index contributed by atoms with van der Waals surface area (Å²) < 4.78 is 6.51. The average molecular weight is 844 g/mol. The molecule has 0 radical (unpaired) electrons. The van der Waals surface area contributed by atoms with Crippen LogP contribution >= 0.6 is 0 Å². The first-order valence-corrected chi connectivity index (χ1v) is 23.0. The number of furan rings is 1. The molecule has 0 bridgehead atoms. The lowest BCUT2D eigenvalue weighted by atomic mass is 9.67. The highest BCUT2D eigenvalue weighted by Gasteiger charge is 2.46. The molecule has 0 unspecified atom stereocenters. The molecule has 312 valence electrons. The average Bonchev–Trinajstić information content (AvgIpc) is 3.99. The summed E-state index contributed by atoms with van der Waals surface area (Å²) in [7, 11) is 0. The molecule has 1 heterocycles. The number of rotatable bonds is 7. The molecular weight excluding hydrogens is 799 g/mol. The molecule has 0 saturated heterocycles. The van der Waals surface area contributed by atoms with Crippen LogP contribution in [0, 0.1) is 0 Å². The SMILES string of the molecule is CC1(C)c2ccccc2-c2c(-c3ccc(N(c4ccc(-c5cccc6c5oc5ccccc56)cc4)c4ccc5c(c4)C(c4ccccc4)(c4ccccc4)c4ccccc4-5)cc3)cccc21. The second-order valence-corrected chi connectivity index (χ2v) is 18.4. The molecule has 13 rings (SSSR count). The van der Waals surface area contributed by atoms with Gasteiger partial charge in [0.05, 0.1) is 5.41 Å². The maximum atomic E-state index is 6.51. The van der Waals surface area contributed by atoms with Crippen molar-refractivity contribution in [2.75, 3.05) is 4.90 Å². The van der Waals surface area contributed by atoms with E-state index in [0.29, 0.717) is 0 Å². The fourth-order valence-electron chi connectivity index (χ4n) is 11.6. The molecule has 2 nitrogen and oxygen atoms in total. The van der Waals surface area contributed by atoms with Gasteiger partial charge in [0.25, 0.3) is 0 Å². The topological polar surface area (TPSA) is 16.4 Å². The Labute approximate surface area is 385 Å². The highest BCUT2D eigenvalue weighted by atomic mass is 16.3. The molecule has 0 aliphatic heterocycles. The van der Waals surface area contributed by atoms with Crippen molar-refractivity contribution in [1.29, 1.82) is 0 Å². The van der Waals surface area contributed by atoms with Crippen LogP contribution in [0.25, 0.3) is 66.4 Å². The van der Waals surface area contributed by atoms with Gasteiger partial charge in [0.2, 0.25) is 0 Å². The van der Waals surface area contributed by atoms with E-state index in [1.54, 1.807) is 0 Å².